The topological polar surface area (TPSA) is 529 Å². The number of hydrogen-bond acceptors (Lipinski definition) is 31. The van der Waals surface area contributed by atoms with Crippen molar-refractivity contribution in [1.82, 2.24) is 79.8 Å². The molecule has 6 aromatic carbocycles. The van der Waals surface area contributed by atoms with Crippen molar-refractivity contribution >= 4 is 229 Å². The molecule has 3 saturated heterocycles. The Morgan fingerprint density at radius 1 is 0.524 bits per heavy atom. The molecule has 3 aliphatic heterocycles. The summed E-state index contributed by atoms with van der Waals surface area (Å²) < 4.78 is 39.2. The van der Waals surface area contributed by atoms with Gasteiger partial charge in [0.05, 0.1) is 28.8 Å². The number of halogens is 5. The Hall–Kier alpha value is -13.7. The Balaban J connectivity index is 0.000000219. The van der Waals surface area contributed by atoms with Crippen LogP contribution in [0.15, 0.2) is 181 Å². The number of ether oxygens (including phenoxy) is 3. The number of nitrogen functional groups attached to an aromatic ring is 1. The molecule has 0 aliphatic carbocycles. The van der Waals surface area contributed by atoms with Crippen LogP contribution in [0.4, 0.5) is 99.3 Å². The molecule has 42 nitrogen and oxygen atoms in total. The molecule has 0 bridgehead atoms. The number of rotatable bonds is 24. The monoisotopic (exact) mass is 2270 g/mol. The van der Waals surface area contributed by atoms with E-state index in [0.717, 1.165) is 70.4 Å². The Morgan fingerprint density at radius 2 is 0.844 bits per heavy atom. The second-order valence-corrected chi connectivity index (χ2v) is 43.0. The minimum atomic E-state index is -0.884. The molecule has 15 rings (SSSR count). The summed E-state index contributed by atoms with van der Waals surface area (Å²) in [5.74, 6) is 1.22. The van der Waals surface area contributed by atoms with Crippen LogP contribution >= 0.6 is 54.4 Å². The third-order valence-corrected chi connectivity index (χ3v) is 21.6. The number of anilines is 12. The third-order valence-electron chi connectivity index (χ3n) is 21.1. The second-order valence-electron chi connectivity index (χ2n) is 37.3. The zero-order valence-electron chi connectivity index (χ0n) is 84.2. The standard InChI is InChI=1S/C31H37N9O5.C31H39N9O3.C21H18FN7O3.C10H20N2O2.C4H4BrClO.CH4NP.2ClH.Sn/c1-19(2)39-18-32-25-26(33-21-8-6-9-22(16-21)34-28(41)20-11-13-24(14-12-20)40(43)44)36-29(37-27(25)39)38-15-7-10-23(17-38)35-30(42)45-31(3,4)5;1-19(2)40-18-33-25-26(34-22-8-6-9-23(16-22)35-28(41)20-11-13-21(32)14-12-20)37-29(38-27(25)40)39-15-7-10-24(17-39)36-30(42)43-31(3,4)5;1-12(2)28-11-23-17-18(26-21(22)27-19(17)28)24-14-4-3-5-15(10-14)25-20(30)13-6-8-16(9-7-13)29(31)32;1-10(2,3)14-9(13)12-8-5-4-6-11-7-8;5-3-1-2-4(6)7;1-2-3;;;/h6,8-9,11-14,16,18-19,23H,7,10,15,17H2,1-5H3,(H,34,41)(H,35,42)(H,33,36,37);6,8-9,11-14,16,18-19,24H,7,10,15,17,32H2,1-5H3,(H,35,41)(H,36,42)(H,34,37,38);3-12H,1-2H3,(H,25,30)(H,24,26,27);8,11H,4-7H2,1-3H3,(H,12,13);1-2H,3H2;3H,1H3;2*1H;/q;;;;;;;;+2/p-2/b;;;;2-1+;;;;. The number of allylic oxidation sites excluding steroid dienone is 2. The number of benzene rings is 6. The summed E-state index contributed by atoms with van der Waals surface area (Å²) in [6.45, 7) is 33.2. The van der Waals surface area contributed by atoms with Gasteiger partial charge in [0, 0.05) is 162 Å². The van der Waals surface area contributed by atoms with E-state index in [9.17, 15) is 58.2 Å². The maximum absolute atomic E-state index is 14.0. The van der Waals surface area contributed by atoms with Gasteiger partial charge in [-0.1, -0.05) is 40.2 Å². The summed E-state index contributed by atoms with van der Waals surface area (Å²) in [7, 11) is 14.3. The van der Waals surface area contributed by atoms with Crippen molar-refractivity contribution in [3.05, 3.63) is 220 Å². The van der Waals surface area contributed by atoms with E-state index in [0.29, 0.717) is 121 Å². The Labute approximate surface area is 883 Å². The zero-order valence-corrected chi connectivity index (χ0v) is 91.9. The molecule has 3 unspecified atom stereocenters. The number of carbonyl (C=O) groups is 7. The van der Waals surface area contributed by atoms with Gasteiger partial charge in [0.2, 0.25) is 17.1 Å². The number of nitrogens with two attached hydrogens (primary N) is 1. The summed E-state index contributed by atoms with van der Waals surface area (Å²) in [4.78, 5) is 150. The Morgan fingerprint density at radius 3 is 1.15 bits per heavy atom. The summed E-state index contributed by atoms with van der Waals surface area (Å²) in [5.41, 5.74) is 12.6. The summed E-state index contributed by atoms with van der Waals surface area (Å²) >= 11 is 7.16. The van der Waals surface area contributed by atoms with Gasteiger partial charge in [-0.3, -0.25) is 44.2 Å². The normalized spacial score (nSPS) is 14.4. The fraction of sp³-hybridized carbons (Fsp3) is 0.388. The predicted octanol–water partition coefficient (Wildman–Crippen LogP) is 20.6. The number of alkyl carbamates (subject to hydrolysis) is 3. The van der Waals surface area contributed by atoms with Crippen LogP contribution in [0.2, 0.25) is 0 Å². The fourth-order valence-corrected chi connectivity index (χ4v) is 14.9. The van der Waals surface area contributed by atoms with Crippen molar-refractivity contribution in [2.45, 2.75) is 195 Å². The van der Waals surface area contributed by atoms with Crippen molar-refractivity contribution in [1.29, 1.82) is 0 Å². The Kier molecular flexibility index (Phi) is 44.3. The molecule has 3 atom stereocenters. The molecule has 12 N–H and O–H groups in total. The van der Waals surface area contributed by atoms with Crippen LogP contribution < -0.4 is 68.7 Å². The van der Waals surface area contributed by atoms with Crippen LogP contribution in [-0.4, -0.2) is 215 Å². The molecule has 0 saturated carbocycles. The van der Waals surface area contributed by atoms with Gasteiger partial charge in [-0.05, 0) is 279 Å². The van der Waals surface area contributed by atoms with Crippen LogP contribution in [0.5, 0.6) is 0 Å². The SMILES string of the molecule is CC(C)(C)OC(=O)NC1CCCNC1.CC(C)n1cnc2c(Nc3cccc(NC(=O)c4ccc(N)cc4)c3)nc(N3CCCC(NC(=O)OC(C)(C)C)C3)nc21.CC(C)n1cnc2c(Nc3cccc(NC(=O)c4ccc([N+](=O)[O-])cc4)c3)nc(F)nc21.CC(C)n1cnc2c(Nc3cccc(NC(=O)c4ccc([N+](=O)[O-])cc4)c3)nc(N3CCCC(NC(=O)OC(C)(C)C)C3)nc21.CN=P.O=C(Cl)/C=C/CBr.[Cl][Sn][Cl]. The molecule has 3 aliphatic rings. The first kappa shape index (κ1) is 117. The van der Waals surface area contributed by atoms with Gasteiger partial charge in [0.15, 0.2) is 50.9 Å². The molecule has 2 radical (unpaired) electrons. The van der Waals surface area contributed by atoms with Gasteiger partial charge >= 0.3 is 61.1 Å². The van der Waals surface area contributed by atoms with Crippen molar-refractivity contribution < 1.29 is 62.0 Å². The van der Waals surface area contributed by atoms with E-state index in [4.69, 9.17) is 69.3 Å². The van der Waals surface area contributed by atoms with E-state index < -0.39 is 80.9 Å². The van der Waals surface area contributed by atoms with E-state index in [2.05, 4.69) is 145 Å². The van der Waals surface area contributed by atoms with Gasteiger partial charge in [0.25, 0.3) is 29.1 Å². The second kappa shape index (κ2) is 55.8. The number of aromatic nitrogens is 12. The van der Waals surface area contributed by atoms with E-state index in [-0.39, 0.29) is 71.0 Å². The first-order chi connectivity index (χ1) is 69.7. The van der Waals surface area contributed by atoms with E-state index in [1.807, 2.05) is 116 Å². The van der Waals surface area contributed by atoms with Crippen LogP contribution in [-0.2, 0) is 19.0 Å². The first-order valence-corrected chi connectivity index (χ1v) is 56.0. The molecule has 0 spiro atoms. The summed E-state index contributed by atoms with van der Waals surface area (Å²) in [5, 5.41) is 52.3. The van der Waals surface area contributed by atoms with Gasteiger partial charge in [-0.2, -0.15) is 34.3 Å². The van der Waals surface area contributed by atoms with E-state index in [1.54, 1.807) is 103 Å². The van der Waals surface area contributed by atoms with Gasteiger partial charge in [0.1, 0.15) is 16.8 Å². The number of alkyl halides is 1. The molecule has 6 amide bonds. The predicted molar refractivity (Wildman–Crippen MR) is 580 cm³/mol. The van der Waals surface area contributed by atoms with Crippen LogP contribution in [0.1, 0.15) is 192 Å². The van der Waals surface area contributed by atoms with Crippen LogP contribution in [0, 0.1) is 26.3 Å². The average Bonchev–Trinajstić information content (AvgIpc) is 1.64. The summed E-state index contributed by atoms with van der Waals surface area (Å²) in [6, 6.07) is 39.0. The number of piperidine rings is 3. The number of amides is 6. The molecular formula is C98H122BrCl3FN28O14PSn. The number of nitro groups is 2. The molecular weight excluding hydrogens is 2150 g/mol. The Bertz CT molecular complexity index is 6550. The first-order valence-electron chi connectivity index (χ1n) is 46.8. The number of carbonyl (C=O) groups excluding carboxylic acids is 7. The number of fused-ring (bicyclic) bond motifs is 3. The fourth-order valence-electron chi connectivity index (χ4n) is 14.6. The number of nitro benzene ring substituents is 2. The van der Waals surface area contributed by atoms with Crippen LogP contribution in [0.3, 0.4) is 0 Å². The van der Waals surface area contributed by atoms with Gasteiger partial charge in [-0.15, -0.1) is 0 Å². The van der Waals surface area contributed by atoms with Crippen molar-refractivity contribution in [2.24, 2.45) is 4.74 Å². The van der Waals surface area contributed by atoms with E-state index in [1.165, 1.54) is 54.6 Å². The third kappa shape index (κ3) is 37.7. The molecule has 3 fully saturated rings. The number of nitrogens with zero attached hydrogens (tertiary/aromatic N) is 17. The average molecular weight is 2270 g/mol. The maximum atomic E-state index is 14.0. The van der Waals surface area contributed by atoms with Crippen molar-refractivity contribution in [2.75, 3.05) is 99.1 Å². The van der Waals surface area contributed by atoms with Crippen molar-refractivity contribution in [3.8, 4) is 0 Å². The molecule has 12 aromatic rings. The number of imidazole rings is 3. The summed E-state index contributed by atoms with van der Waals surface area (Å²) in [6.07, 6.45) is 11.4. The van der Waals surface area contributed by atoms with Gasteiger partial charge in [-0.25, -0.2) is 29.3 Å². The minimum absolute atomic E-state index is 0.0418. The molecule has 782 valence electrons. The molecule has 147 heavy (non-hydrogen) atoms. The van der Waals surface area contributed by atoms with Gasteiger partial charge < -0.3 is 96.6 Å². The molecule has 6 aromatic heterocycles. The number of nitrogens with one attached hydrogen (secondary N) is 10. The van der Waals surface area contributed by atoms with Crippen LogP contribution in [0.25, 0.3) is 33.5 Å². The van der Waals surface area contributed by atoms with E-state index >= 15 is 0 Å². The quantitative estimate of drug-likeness (QED) is 0.00256. The molecule has 9 heterocycles. The zero-order chi connectivity index (χ0) is 108. The number of hydrogen-bond donors (Lipinski definition) is 11. The molecule has 49 heteroatoms. The van der Waals surface area contributed by atoms with Crippen molar-refractivity contribution in [3.63, 3.8) is 0 Å². The number of non-ortho nitro benzene ring substituents is 2.